The van der Waals surface area contributed by atoms with Gasteiger partial charge in [0, 0.05) is 3.57 Å². The minimum atomic E-state index is -0.292. The molecule has 0 aliphatic carbocycles. The van der Waals surface area contributed by atoms with Crippen molar-refractivity contribution in [1.82, 2.24) is 4.90 Å². The largest absolute Gasteiger partial charge is 0.493 e. The van der Waals surface area contributed by atoms with E-state index in [0.717, 1.165) is 26.5 Å². The van der Waals surface area contributed by atoms with Gasteiger partial charge in [0.2, 0.25) is 0 Å². The SMILES string of the molecule is C=CCOc1ccc(/C=C2/SC(=O)N(Cc3ccc(I)cc3)C2=O)cc1OC. The van der Waals surface area contributed by atoms with E-state index in [1.807, 2.05) is 30.3 Å². The zero-order chi connectivity index (χ0) is 20.1. The van der Waals surface area contributed by atoms with Crippen molar-refractivity contribution in [2.24, 2.45) is 0 Å². The Morgan fingerprint density at radius 3 is 2.57 bits per heavy atom. The number of imide groups is 1. The second-order valence-electron chi connectivity index (χ2n) is 5.90. The van der Waals surface area contributed by atoms with Crippen molar-refractivity contribution < 1.29 is 19.1 Å². The highest BCUT2D eigenvalue weighted by Crippen LogP contribution is 2.35. The predicted molar refractivity (Wildman–Crippen MR) is 119 cm³/mol. The third-order valence-electron chi connectivity index (χ3n) is 3.97. The van der Waals surface area contributed by atoms with Gasteiger partial charge in [-0.15, -0.1) is 0 Å². The van der Waals surface area contributed by atoms with Gasteiger partial charge in [0.25, 0.3) is 11.1 Å². The number of nitrogens with zero attached hydrogens (tertiary/aromatic N) is 1. The lowest BCUT2D eigenvalue weighted by atomic mass is 10.1. The van der Waals surface area contributed by atoms with Crippen molar-refractivity contribution in [3.63, 3.8) is 0 Å². The third-order valence-corrected chi connectivity index (χ3v) is 5.60. The van der Waals surface area contributed by atoms with Crippen molar-refractivity contribution in [1.29, 1.82) is 0 Å². The molecule has 1 heterocycles. The van der Waals surface area contributed by atoms with Crippen LogP contribution >= 0.6 is 34.4 Å². The maximum absolute atomic E-state index is 12.7. The highest BCUT2D eigenvalue weighted by molar-refractivity contribution is 14.1. The van der Waals surface area contributed by atoms with Gasteiger partial charge in [-0.1, -0.05) is 30.9 Å². The summed E-state index contributed by atoms with van der Waals surface area (Å²) in [5, 5.41) is -0.271. The van der Waals surface area contributed by atoms with Gasteiger partial charge in [-0.3, -0.25) is 14.5 Å². The van der Waals surface area contributed by atoms with Crippen LogP contribution in [-0.4, -0.2) is 29.8 Å². The highest BCUT2D eigenvalue weighted by Gasteiger charge is 2.35. The molecule has 1 aliphatic rings. The summed E-state index contributed by atoms with van der Waals surface area (Å²) in [7, 11) is 1.55. The number of amides is 2. The molecule has 0 unspecified atom stereocenters. The average molecular weight is 507 g/mol. The van der Waals surface area contributed by atoms with Crippen LogP contribution in [-0.2, 0) is 11.3 Å². The second kappa shape index (κ2) is 9.29. The van der Waals surface area contributed by atoms with E-state index in [-0.39, 0.29) is 17.7 Å². The van der Waals surface area contributed by atoms with E-state index in [9.17, 15) is 9.59 Å². The summed E-state index contributed by atoms with van der Waals surface area (Å²) in [6.45, 7) is 4.25. The zero-order valence-electron chi connectivity index (χ0n) is 15.2. The molecule has 144 valence electrons. The Balaban J connectivity index is 1.79. The normalized spacial score (nSPS) is 15.2. The van der Waals surface area contributed by atoms with E-state index >= 15 is 0 Å². The predicted octanol–water partition coefficient (Wildman–Crippen LogP) is 5.10. The molecule has 2 aromatic carbocycles. The minimum Gasteiger partial charge on any atom is -0.493 e. The summed E-state index contributed by atoms with van der Waals surface area (Å²) < 4.78 is 12.0. The Bertz CT molecular complexity index is 940. The number of carbonyl (C=O) groups excluding carboxylic acids is 2. The van der Waals surface area contributed by atoms with Crippen molar-refractivity contribution in [3.05, 3.63) is 74.7 Å². The first-order valence-corrected chi connectivity index (χ1v) is 10.3. The minimum absolute atomic E-state index is 0.260. The monoisotopic (exact) mass is 507 g/mol. The van der Waals surface area contributed by atoms with Gasteiger partial charge in [0.05, 0.1) is 18.6 Å². The lowest BCUT2D eigenvalue weighted by molar-refractivity contribution is -0.123. The van der Waals surface area contributed by atoms with Crippen LogP contribution in [0.15, 0.2) is 60.0 Å². The summed E-state index contributed by atoms with van der Waals surface area (Å²) >= 11 is 3.16. The van der Waals surface area contributed by atoms with Crippen LogP contribution < -0.4 is 9.47 Å². The zero-order valence-corrected chi connectivity index (χ0v) is 18.2. The van der Waals surface area contributed by atoms with E-state index in [1.165, 1.54) is 4.90 Å². The van der Waals surface area contributed by atoms with Crippen LogP contribution in [0.5, 0.6) is 11.5 Å². The first-order chi connectivity index (χ1) is 13.5. The fourth-order valence-corrected chi connectivity index (χ4v) is 3.80. The number of halogens is 1. The number of benzene rings is 2. The van der Waals surface area contributed by atoms with Gasteiger partial charge in [0.1, 0.15) is 6.61 Å². The quantitative estimate of drug-likeness (QED) is 0.297. The Hall–Kier alpha value is -2.26. The molecule has 0 spiro atoms. The standard InChI is InChI=1S/C21H18INO4S/c1-3-10-27-17-9-6-15(11-18(17)26-2)12-19-20(24)23(21(25)28-19)13-14-4-7-16(22)8-5-14/h3-9,11-12H,1,10,13H2,2H3/b19-12+. The highest BCUT2D eigenvalue weighted by atomic mass is 127. The molecule has 3 rings (SSSR count). The molecule has 1 fully saturated rings. The van der Waals surface area contributed by atoms with E-state index in [0.29, 0.717) is 23.0 Å². The molecule has 2 amide bonds. The van der Waals surface area contributed by atoms with Crippen LogP contribution in [0.4, 0.5) is 4.79 Å². The van der Waals surface area contributed by atoms with Gasteiger partial charge >= 0.3 is 0 Å². The van der Waals surface area contributed by atoms with Crippen molar-refractivity contribution in [2.45, 2.75) is 6.54 Å². The summed E-state index contributed by atoms with van der Waals surface area (Å²) in [5.74, 6) is 0.847. The molecular formula is C21H18INO4S. The van der Waals surface area contributed by atoms with Crippen LogP contribution in [0.3, 0.4) is 0 Å². The van der Waals surface area contributed by atoms with Crippen LogP contribution in [0.25, 0.3) is 6.08 Å². The molecule has 1 aliphatic heterocycles. The van der Waals surface area contributed by atoms with Crippen LogP contribution in [0, 0.1) is 3.57 Å². The molecule has 1 saturated heterocycles. The Morgan fingerprint density at radius 1 is 1.14 bits per heavy atom. The topological polar surface area (TPSA) is 55.8 Å². The van der Waals surface area contributed by atoms with E-state index in [2.05, 4.69) is 29.2 Å². The molecule has 0 atom stereocenters. The molecule has 0 saturated carbocycles. The molecule has 0 bridgehead atoms. The Kier molecular flexibility index (Phi) is 6.79. The molecule has 0 N–H and O–H groups in total. The third kappa shape index (κ3) is 4.77. The summed E-state index contributed by atoms with van der Waals surface area (Å²) in [6, 6.07) is 13.1. The molecule has 0 radical (unpaired) electrons. The molecule has 5 nitrogen and oxygen atoms in total. The number of rotatable bonds is 7. The maximum Gasteiger partial charge on any atom is 0.293 e. The number of hydrogen-bond donors (Lipinski definition) is 0. The van der Waals surface area contributed by atoms with Gasteiger partial charge in [-0.05, 0) is 75.8 Å². The summed E-state index contributed by atoms with van der Waals surface area (Å²) in [5.41, 5.74) is 1.66. The van der Waals surface area contributed by atoms with Gasteiger partial charge < -0.3 is 9.47 Å². The van der Waals surface area contributed by atoms with Crippen LogP contribution in [0.1, 0.15) is 11.1 Å². The molecule has 0 aromatic heterocycles. The molecular weight excluding hydrogens is 489 g/mol. The Morgan fingerprint density at radius 2 is 1.89 bits per heavy atom. The fourth-order valence-electron chi connectivity index (χ4n) is 2.60. The molecule has 28 heavy (non-hydrogen) atoms. The first kappa shape index (κ1) is 20.5. The van der Waals surface area contributed by atoms with Gasteiger partial charge in [0.15, 0.2) is 11.5 Å². The molecule has 7 heteroatoms. The number of methoxy groups -OCH3 is 1. The summed E-state index contributed by atoms with van der Waals surface area (Å²) in [6.07, 6.45) is 3.34. The van der Waals surface area contributed by atoms with E-state index in [4.69, 9.17) is 9.47 Å². The molecule has 2 aromatic rings. The van der Waals surface area contributed by atoms with Crippen molar-refractivity contribution >= 4 is 51.6 Å². The van der Waals surface area contributed by atoms with Gasteiger partial charge in [-0.25, -0.2) is 0 Å². The van der Waals surface area contributed by atoms with Gasteiger partial charge in [-0.2, -0.15) is 0 Å². The Labute approximate surface area is 181 Å². The lowest BCUT2D eigenvalue weighted by Crippen LogP contribution is -2.27. The lowest BCUT2D eigenvalue weighted by Gasteiger charge is -2.12. The van der Waals surface area contributed by atoms with E-state index < -0.39 is 0 Å². The second-order valence-corrected chi connectivity index (χ2v) is 8.14. The number of carbonyl (C=O) groups is 2. The number of thioether (sulfide) groups is 1. The van der Waals surface area contributed by atoms with Crippen molar-refractivity contribution in [2.75, 3.05) is 13.7 Å². The first-order valence-electron chi connectivity index (χ1n) is 8.43. The van der Waals surface area contributed by atoms with Crippen LogP contribution in [0.2, 0.25) is 0 Å². The maximum atomic E-state index is 12.7. The van der Waals surface area contributed by atoms with Crippen molar-refractivity contribution in [3.8, 4) is 11.5 Å². The fraction of sp³-hybridized carbons (Fsp3) is 0.143. The summed E-state index contributed by atoms with van der Waals surface area (Å²) in [4.78, 5) is 26.7. The number of ether oxygens (including phenoxy) is 2. The smallest absolute Gasteiger partial charge is 0.293 e. The number of hydrogen-bond acceptors (Lipinski definition) is 5. The van der Waals surface area contributed by atoms with E-state index in [1.54, 1.807) is 31.4 Å². The average Bonchev–Trinajstić information content (AvgIpc) is 2.95.